The van der Waals surface area contributed by atoms with Crippen LogP contribution in [0.15, 0.2) is 54.6 Å². The molecule has 0 aromatic heterocycles. The maximum absolute atomic E-state index is 13.7. The molecule has 2 heterocycles. The molecule has 0 atom stereocenters. The number of carbonyl (C=O) groups is 2. The molecule has 2 amide bonds. The molecule has 2 fully saturated rings. The molecular weight excluding hydrogens is 414 g/mol. The molecule has 0 unspecified atom stereocenters. The zero-order valence-electron chi connectivity index (χ0n) is 19.8. The monoisotopic (exact) mass is 449 g/mol. The number of hydrogen-bond acceptors (Lipinski definition) is 4. The SMILES string of the molecule is COc1ccccc1CN1CCC(NC(=O)C2(c3ccccc3)CCN(C(C)=O)CC2)CC1. The van der Waals surface area contributed by atoms with Gasteiger partial charge < -0.3 is 15.0 Å². The molecule has 2 aliphatic heterocycles. The zero-order chi connectivity index (χ0) is 23.3. The lowest BCUT2D eigenvalue weighted by molar-refractivity contribution is -0.136. The number of likely N-dealkylation sites (tertiary alicyclic amines) is 2. The summed E-state index contributed by atoms with van der Waals surface area (Å²) in [6, 6.07) is 18.4. The number of methoxy groups -OCH3 is 1. The van der Waals surface area contributed by atoms with Crippen molar-refractivity contribution in [2.45, 2.75) is 50.6 Å². The van der Waals surface area contributed by atoms with Gasteiger partial charge in [0.2, 0.25) is 11.8 Å². The fraction of sp³-hybridized carbons (Fsp3) is 0.481. The Labute approximate surface area is 196 Å². The van der Waals surface area contributed by atoms with Gasteiger partial charge in [-0.05, 0) is 37.3 Å². The fourth-order valence-corrected chi connectivity index (χ4v) is 5.24. The van der Waals surface area contributed by atoms with E-state index in [0.717, 1.165) is 43.8 Å². The van der Waals surface area contributed by atoms with Crippen molar-refractivity contribution in [3.05, 3.63) is 65.7 Å². The lowest BCUT2D eigenvalue weighted by Crippen LogP contribution is -2.55. The molecule has 1 N–H and O–H groups in total. The van der Waals surface area contributed by atoms with Crippen molar-refractivity contribution in [2.24, 2.45) is 0 Å². The Kier molecular flexibility index (Phi) is 7.33. The summed E-state index contributed by atoms with van der Waals surface area (Å²) in [5, 5.41) is 3.39. The van der Waals surface area contributed by atoms with Crippen LogP contribution in [0.4, 0.5) is 0 Å². The van der Waals surface area contributed by atoms with Crippen LogP contribution in [0.25, 0.3) is 0 Å². The minimum absolute atomic E-state index is 0.0829. The molecular formula is C27H35N3O3. The Morgan fingerprint density at radius 1 is 0.970 bits per heavy atom. The highest BCUT2D eigenvalue weighted by Crippen LogP contribution is 2.36. The van der Waals surface area contributed by atoms with E-state index in [1.807, 2.05) is 41.3 Å². The zero-order valence-corrected chi connectivity index (χ0v) is 19.8. The first kappa shape index (κ1) is 23.3. The summed E-state index contributed by atoms with van der Waals surface area (Å²) >= 11 is 0. The number of ether oxygens (including phenoxy) is 1. The summed E-state index contributed by atoms with van der Waals surface area (Å²) < 4.78 is 5.50. The highest BCUT2D eigenvalue weighted by atomic mass is 16.5. The van der Waals surface area contributed by atoms with Gasteiger partial charge in [-0.15, -0.1) is 0 Å². The molecule has 2 aromatic rings. The Morgan fingerprint density at radius 3 is 2.24 bits per heavy atom. The summed E-state index contributed by atoms with van der Waals surface area (Å²) in [6.07, 6.45) is 3.20. The van der Waals surface area contributed by atoms with Crippen LogP contribution in [0.2, 0.25) is 0 Å². The van der Waals surface area contributed by atoms with Crippen LogP contribution in [0.5, 0.6) is 5.75 Å². The van der Waals surface area contributed by atoms with E-state index in [1.165, 1.54) is 5.56 Å². The van der Waals surface area contributed by atoms with Crippen molar-refractivity contribution in [1.29, 1.82) is 0 Å². The average molecular weight is 450 g/mol. The highest BCUT2D eigenvalue weighted by Gasteiger charge is 2.44. The third-order valence-electron chi connectivity index (χ3n) is 7.33. The van der Waals surface area contributed by atoms with Crippen LogP contribution in [0.1, 0.15) is 43.7 Å². The first-order valence-corrected chi connectivity index (χ1v) is 12.0. The number of para-hydroxylation sites is 1. The number of piperidine rings is 2. The molecule has 2 aliphatic rings. The van der Waals surface area contributed by atoms with E-state index in [4.69, 9.17) is 4.74 Å². The average Bonchev–Trinajstić information content (AvgIpc) is 2.86. The van der Waals surface area contributed by atoms with Gasteiger partial charge in [0.25, 0.3) is 0 Å². The van der Waals surface area contributed by atoms with Crippen molar-refractivity contribution in [3.8, 4) is 5.75 Å². The highest BCUT2D eigenvalue weighted by molar-refractivity contribution is 5.89. The van der Waals surface area contributed by atoms with Gasteiger partial charge in [-0.25, -0.2) is 0 Å². The summed E-state index contributed by atoms with van der Waals surface area (Å²) in [5.74, 6) is 1.12. The molecule has 4 rings (SSSR count). The first-order chi connectivity index (χ1) is 16.0. The number of carbonyl (C=O) groups excluding carboxylic acids is 2. The summed E-state index contributed by atoms with van der Waals surface area (Å²) in [5.41, 5.74) is 1.68. The van der Waals surface area contributed by atoms with Gasteiger partial charge >= 0.3 is 0 Å². The van der Waals surface area contributed by atoms with Crippen molar-refractivity contribution in [1.82, 2.24) is 15.1 Å². The van der Waals surface area contributed by atoms with Crippen LogP contribution in [0.3, 0.4) is 0 Å². The maximum Gasteiger partial charge on any atom is 0.231 e. The Balaban J connectivity index is 1.39. The van der Waals surface area contributed by atoms with Crippen LogP contribution < -0.4 is 10.1 Å². The fourth-order valence-electron chi connectivity index (χ4n) is 5.24. The van der Waals surface area contributed by atoms with E-state index in [0.29, 0.717) is 25.9 Å². The minimum Gasteiger partial charge on any atom is -0.496 e. The molecule has 6 nitrogen and oxygen atoms in total. The molecule has 2 aromatic carbocycles. The predicted molar refractivity (Wildman–Crippen MR) is 129 cm³/mol. The second-order valence-electron chi connectivity index (χ2n) is 9.29. The van der Waals surface area contributed by atoms with Gasteiger partial charge in [0.15, 0.2) is 0 Å². The van der Waals surface area contributed by atoms with Crippen LogP contribution in [0, 0.1) is 0 Å². The lowest BCUT2D eigenvalue weighted by atomic mass is 9.71. The summed E-state index contributed by atoms with van der Waals surface area (Å²) in [4.78, 5) is 29.8. The molecule has 176 valence electrons. The molecule has 33 heavy (non-hydrogen) atoms. The summed E-state index contributed by atoms with van der Waals surface area (Å²) in [6.45, 7) is 5.59. The molecule has 0 radical (unpaired) electrons. The Morgan fingerprint density at radius 2 is 1.61 bits per heavy atom. The maximum atomic E-state index is 13.7. The lowest BCUT2D eigenvalue weighted by Gasteiger charge is -2.42. The minimum atomic E-state index is -0.568. The normalized spacial score (nSPS) is 19.2. The third kappa shape index (κ3) is 5.22. The predicted octanol–water partition coefficient (Wildman–Crippen LogP) is 3.36. The van der Waals surface area contributed by atoms with Crippen molar-refractivity contribution < 1.29 is 14.3 Å². The topological polar surface area (TPSA) is 61.9 Å². The van der Waals surface area contributed by atoms with E-state index < -0.39 is 5.41 Å². The van der Waals surface area contributed by atoms with Gasteiger partial charge in [0.1, 0.15) is 5.75 Å². The number of nitrogens with zero attached hydrogens (tertiary/aromatic N) is 2. The van der Waals surface area contributed by atoms with Crippen molar-refractivity contribution in [3.63, 3.8) is 0 Å². The first-order valence-electron chi connectivity index (χ1n) is 12.0. The standard InChI is InChI=1S/C27H35N3O3/c1-21(31)30-18-14-27(15-19-30,23-9-4-3-5-10-23)26(32)28-24-12-16-29(17-13-24)20-22-8-6-7-11-25(22)33-2/h3-11,24H,12-20H2,1-2H3,(H,28,32). The van der Waals surface area contributed by atoms with Gasteiger partial charge in [0, 0.05) is 51.3 Å². The Hall–Kier alpha value is -2.86. The Bertz CT molecular complexity index is 946. The smallest absolute Gasteiger partial charge is 0.231 e. The third-order valence-corrected chi connectivity index (χ3v) is 7.33. The van der Waals surface area contributed by atoms with Crippen molar-refractivity contribution in [2.75, 3.05) is 33.3 Å². The van der Waals surface area contributed by atoms with Gasteiger partial charge in [-0.1, -0.05) is 48.5 Å². The number of hydrogen-bond donors (Lipinski definition) is 1. The summed E-state index contributed by atoms with van der Waals surface area (Å²) in [7, 11) is 1.71. The van der Waals surface area contributed by atoms with Gasteiger partial charge in [0.05, 0.1) is 12.5 Å². The molecule has 2 saturated heterocycles. The quantitative estimate of drug-likeness (QED) is 0.735. The second-order valence-corrected chi connectivity index (χ2v) is 9.29. The van der Waals surface area contributed by atoms with E-state index in [-0.39, 0.29) is 17.9 Å². The molecule has 6 heteroatoms. The number of benzene rings is 2. The molecule has 0 bridgehead atoms. The number of nitrogens with one attached hydrogen (secondary N) is 1. The van der Waals surface area contributed by atoms with Crippen molar-refractivity contribution >= 4 is 11.8 Å². The van der Waals surface area contributed by atoms with Crippen LogP contribution in [-0.2, 0) is 21.5 Å². The molecule has 0 aliphatic carbocycles. The second kappa shape index (κ2) is 10.4. The van der Waals surface area contributed by atoms with Crippen LogP contribution >= 0.6 is 0 Å². The number of amides is 2. The van der Waals surface area contributed by atoms with E-state index in [1.54, 1.807) is 14.0 Å². The van der Waals surface area contributed by atoms with Gasteiger partial charge in [-0.3, -0.25) is 14.5 Å². The molecule has 0 saturated carbocycles. The number of rotatable bonds is 6. The van der Waals surface area contributed by atoms with E-state index in [2.05, 4.69) is 28.4 Å². The van der Waals surface area contributed by atoms with Gasteiger partial charge in [-0.2, -0.15) is 0 Å². The van der Waals surface area contributed by atoms with E-state index in [9.17, 15) is 9.59 Å². The largest absolute Gasteiger partial charge is 0.496 e. The molecule has 0 spiro atoms. The van der Waals surface area contributed by atoms with E-state index >= 15 is 0 Å². The van der Waals surface area contributed by atoms with Crippen LogP contribution in [-0.4, -0.2) is 60.9 Å².